The van der Waals surface area contributed by atoms with Gasteiger partial charge in [0, 0.05) is 10.0 Å². The van der Waals surface area contributed by atoms with Crippen molar-refractivity contribution < 1.29 is 4.79 Å². The number of halogens is 1. The number of hydrogen-bond acceptors (Lipinski definition) is 3. The molecule has 0 aliphatic heterocycles. The van der Waals surface area contributed by atoms with Gasteiger partial charge in [0.25, 0.3) is 5.91 Å². The van der Waals surface area contributed by atoms with Crippen LogP contribution in [0.2, 0.25) is 0 Å². The summed E-state index contributed by atoms with van der Waals surface area (Å²) in [6, 6.07) is 11.0. The molecule has 2 aromatic rings. The summed E-state index contributed by atoms with van der Waals surface area (Å²) in [5.74, 6) is 0.335. The first-order chi connectivity index (χ1) is 9.85. The molecule has 2 N–H and O–H groups in total. The zero-order chi connectivity index (χ0) is 15.5. The van der Waals surface area contributed by atoms with Crippen LogP contribution in [-0.2, 0) is 0 Å². The fourth-order valence-electron chi connectivity index (χ4n) is 1.80. The van der Waals surface area contributed by atoms with E-state index in [4.69, 9.17) is 0 Å². The second kappa shape index (κ2) is 6.26. The van der Waals surface area contributed by atoms with E-state index in [0.29, 0.717) is 11.4 Å². The molecule has 1 amide bonds. The van der Waals surface area contributed by atoms with Gasteiger partial charge in [0.2, 0.25) is 0 Å². The van der Waals surface area contributed by atoms with Crippen LogP contribution in [0.5, 0.6) is 0 Å². The van der Waals surface area contributed by atoms with Gasteiger partial charge in [-0.1, -0.05) is 12.1 Å². The molecule has 2 rings (SSSR count). The van der Waals surface area contributed by atoms with Crippen LogP contribution in [0.3, 0.4) is 0 Å². The first-order valence-electron chi connectivity index (χ1n) is 6.65. The van der Waals surface area contributed by atoms with E-state index in [-0.39, 0.29) is 11.4 Å². The molecule has 0 spiro atoms. The predicted octanol–water partition coefficient (Wildman–Crippen LogP) is 4.31. The molecule has 0 unspecified atom stereocenters. The number of nitrogens with zero attached hydrogens (tertiary/aromatic N) is 1. The molecule has 0 aliphatic carbocycles. The van der Waals surface area contributed by atoms with Crippen LogP contribution < -0.4 is 10.6 Å². The standard InChI is InChI=1S/C16H18BrN3O/c1-16(2,3)20-11-8-9-14(18-10-11)19-15(21)12-6-4-5-7-13(12)17/h4-10,20H,1-3H3,(H,18,19,21). The zero-order valence-electron chi connectivity index (χ0n) is 12.3. The molecular formula is C16H18BrN3O. The molecule has 110 valence electrons. The van der Waals surface area contributed by atoms with Crippen molar-refractivity contribution >= 4 is 33.3 Å². The number of benzene rings is 1. The van der Waals surface area contributed by atoms with E-state index in [1.54, 1.807) is 18.3 Å². The summed E-state index contributed by atoms with van der Waals surface area (Å²) in [4.78, 5) is 16.4. The number of carbonyl (C=O) groups excluding carboxylic acids is 1. The fourth-order valence-corrected chi connectivity index (χ4v) is 2.27. The Kier molecular flexibility index (Phi) is 4.63. The molecule has 0 fully saturated rings. The van der Waals surface area contributed by atoms with Gasteiger partial charge >= 0.3 is 0 Å². The van der Waals surface area contributed by atoms with Crippen LogP contribution in [0.1, 0.15) is 31.1 Å². The molecule has 5 heteroatoms. The highest BCUT2D eigenvalue weighted by molar-refractivity contribution is 9.10. The number of rotatable bonds is 3. The summed E-state index contributed by atoms with van der Waals surface area (Å²) in [6.45, 7) is 6.24. The lowest BCUT2D eigenvalue weighted by molar-refractivity contribution is 0.102. The van der Waals surface area contributed by atoms with Crippen molar-refractivity contribution in [3.63, 3.8) is 0 Å². The molecule has 4 nitrogen and oxygen atoms in total. The lowest BCUT2D eigenvalue weighted by Gasteiger charge is -2.21. The number of anilines is 2. The number of nitrogens with one attached hydrogen (secondary N) is 2. The maximum Gasteiger partial charge on any atom is 0.257 e. The van der Waals surface area contributed by atoms with E-state index in [2.05, 4.69) is 52.3 Å². The third kappa shape index (κ3) is 4.56. The maximum atomic E-state index is 12.2. The van der Waals surface area contributed by atoms with E-state index in [0.717, 1.165) is 10.2 Å². The Morgan fingerprint density at radius 3 is 2.43 bits per heavy atom. The third-order valence-electron chi connectivity index (χ3n) is 2.64. The molecule has 0 bridgehead atoms. The van der Waals surface area contributed by atoms with Crippen LogP contribution in [0.15, 0.2) is 47.1 Å². The normalized spacial score (nSPS) is 11.0. The predicted molar refractivity (Wildman–Crippen MR) is 89.7 cm³/mol. The highest BCUT2D eigenvalue weighted by Crippen LogP contribution is 2.18. The molecule has 0 aliphatic rings. The summed E-state index contributed by atoms with van der Waals surface area (Å²) < 4.78 is 0.758. The van der Waals surface area contributed by atoms with Gasteiger partial charge in [-0.2, -0.15) is 0 Å². The first-order valence-corrected chi connectivity index (χ1v) is 7.44. The second-order valence-corrected chi connectivity index (χ2v) is 6.60. The summed E-state index contributed by atoms with van der Waals surface area (Å²) in [6.07, 6.45) is 1.71. The monoisotopic (exact) mass is 347 g/mol. The van der Waals surface area contributed by atoms with Gasteiger partial charge in [0.1, 0.15) is 5.82 Å². The van der Waals surface area contributed by atoms with Crippen LogP contribution in [-0.4, -0.2) is 16.4 Å². The highest BCUT2D eigenvalue weighted by Gasteiger charge is 2.11. The van der Waals surface area contributed by atoms with E-state index < -0.39 is 0 Å². The lowest BCUT2D eigenvalue weighted by Crippen LogP contribution is -2.26. The van der Waals surface area contributed by atoms with E-state index in [1.807, 2.05) is 24.3 Å². The quantitative estimate of drug-likeness (QED) is 0.869. The van der Waals surface area contributed by atoms with Crippen molar-refractivity contribution in [2.24, 2.45) is 0 Å². The molecule has 0 saturated heterocycles. The Hall–Kier alpha value is -1.88. The molecule has 0 radical (unpaired) electrons. The van der Waals surface area contributed by atoms with E-state index in [9.17, 15) is 4.79 Å². The summed E-state index contributed by atoms with van der Waals surface area (Å²) >= 11 is 3.36. The van der Waals surface area contributed by atoms with Gasteiger partial charge in [-0.15, -0.1) is 0 Å². The molecular weight excluding hydrogens is 330 g/mol. The van der Waals surface area contributed by atoms with E-state index >= 15 is 0 Å². The van der Waals surface area contributed by atoms with Crippen LogP contribution >= 0.6 is 15.9 Å². The van der Waals surface area contributed by atoms with Crippen molar-refractivity contribution in [2.75, 3.05) is 10.6 Å². The minimum Gasteiger partial charge on any atom is -0.379 e. The Balaban J connectivity index is 2.07. The highest BCUT2D eigenvalue weighted by atomic mass is 79.9. The fraction of sp³-hybridized carbons (Fsp3) is 0.250. The summed E-state index contributed by atoms with van der Waals surface area (Å²) in [5.41, 5.74) is 1.47. The van der Waals surface area contributed by atoms with Crippen LogP contribution in [0.4, 0.5) is 11.5 Å². The summed E-state index contributed by atoms with van der Waals surface area (Å²) in [5, 5.41) is 6.10. The maximum absolute atomic E-state index is 12.2. The molecule has 1 aromatic heterocycles. The van der Waals surface area contributed by atoms with Crippen molar-refractivity contribution in [3.8, 4) is 0 Å². The molecule has 0 saturated carbocycles. The average Bonchev–Trinajstić information content (AvgIpc) is 2.40. The van der Waals surface area contributed by atoms with Crippen molar-refractivity contribution in [1.82, 2.24) is 4.98 Å². The SMILES string of the molecule is CC(C)(C)Nc1ccc(NC(=O)c2ccccc2Br)nc1. The van der Waals surface area contributed by atoms with Gasteiger partial charge in [0.15, 0.2) is 0 Å². The van der Waals surface area contributed by atoms with E-state index in [1.165, 1.54) is 0 Å². The van der Waals surface area contributed by atoms with Crippen molar-refractivity contribution in [2.45, 2.75) is 26.3 Å². The minimum absolute atomic E-state index is 0.0264. The zero-order valence-corrected chi connectivity index (χ0v) is 13.9. The lowest BCUT2D eigenvalue weighted by atomic mass is 10.1. The Bertz CT molecular complexity index is 633. The van der Waals surface area contributed by atoms with Gasteiger partial charge < -0.3 is 10.6 Å². The van der Waals surface area contributed by atoms with Crippen molar-refractivity contribution in [3.05, 3.63) is 52.6 Å². The minimum atomic E-state index is -0.188. The van der Waals surface area contributed by atoms with Crippen LogP contribution in [0, 0.1) is 0 Å². The topological polar surface area (TPSA) is 54.0 Å². The number of amides is 1. The number of hydrogen-bond donors (Lipinski definition) is 2. The third-order valence-corrected chi connectivity index (χ3v) is 3.33. The number of carbonyl (C=O) groups is 1. The largest absolute Gasteiger partial charge is 0.379 e. The van der Waals surface area contributed by atoms with Gasteiger partial charge in [0.05, 0.1) is 17.4 Å². The number of aromatic nitrogens is 1. The Labute approximate surface area is 133 Å². The molecule has 0 atom stereocenters. The van der Waals surface area contributed by atoms with Crippen molar-refractivity contribution in [1.29, 1.82) is 0 Å². The van der Waals surface area contributed by atoms with Gasteiger partial charge in [-0.05, 0) is 61.0 Å². The second-order valence-electron chi connectivity index (χ2n) is 5.74. The number of pyridine rings is 1. The molecule has 1 aromatic carbocycles. The molecule has 21 heavy (non-hydrogen) atoms. The Morgan fingerprint density at radius 1 is 1.14 bits per heavy atom. The molecule has 1 heterocycles. The summed E-state index contributed by atoms with van der Waals surface area (Å²) in [7, 11) is 0. The van der Waals surface area contributed by atoms with Gasteiger partial charge in [-0.3, -0.25) is 4.79 Å². The Morgan fingerprint density at radius 2 is 1.86 bits per heavy atom. The van der Waals surface area contributed by atoms with Gasteiger partial charge in [-0.25, -0.2) is 4.98 Å². The smallest absolute Gasteiger partial charge is 0.257 e. The first kappa shape index (κ1) is 15.5. The van der Waals surface area contributed by atoms with Crippen LogP contribution in [0.25, 0.3) is 0 Å². The average molecular weight is 348 g/mol.